The fraction of sp³-hybridized carbons (Fsp3) is 0.238. The summed E-state index contributed by atoms with van der Waals surface area (Å²) in [5.41, 5.74) is 1.91. The normalized spacial score (nSPS) is 11.3. The second-order valence-corrected chi connectivity index (χ2v) is 7.14. The van der Waals surface area contributed by atoms with Crippen molar-refractivity contribution in [2.24, 2.45) is 7.05 Å². The highest BCUT2D eigenvalue weighted by molar-refractivity contribution is 5.80. The zero-order chi connectivity index (χ0) is 20.4. The maximum Gasteiger partial charge on any atom is 0.263 e. The summed E-state index contributed by atoms with van der Waals surface area (Å²) < 4.78 is 3.54. The van der Waals surface area contributed by atoms with Crippen LogP contribution in [0.2, 0.25) is 0 Å². The molecule has 1 N–H and O–H groups in total. The number of likely N-dealkylation sites (N-methyl/N-ethyl adjacent to an activating group) is 1. The van der Waals surface area contributed by atoms with E-state index in [4.69, 9.17) is 0 Å². The number of aromatic nitrogens is 5. The number of pyridine rings is 1. The number of hydrogen-bond donors (Lipinski definition) is 1. The first kappa shape index (κ1) is 18.8. The summed E-state index contributed by atoms with van der Waals surface area (Å²) in [6, 6.07) is 11.5. The van der Waals surface area contributed by atoms with E-state index in [1.165, 1.54) is 0 Å². The maximum absolute atomic E-state index is 13.3. The third kappa shape index (κ3) is 3.88. The number of aryl methyl sites for hydroxylation is 1. The Morgan fingerprint density at radius 2 is 1.93 bits per heavy atom. The topological polar surface area (TPSA) is 80.9 Å². The first-order valence-corrected chi connectivity index (χ1v) is 9.38. The molecule has 1 aromatic carbocycles. The van der Waals surface area contributed by atoms with Crippen LogP contribution in [0, 0.1) is 0 Å². The van der Waals surface area contributed by atoms with Crippen molar-refractivity contribution >= 4 is 22.7 Å². The van der Waals surface area contributed by atoms with E-state index in [1.807, 2.05) is 73.2 Å². The molecule has 0 radical (unpaired) electrons. The molecule has 0 atom stereocenters. The summed E-state index contributed by atoms with van der Waals surface area (Å²) in [4.78, 5) is 28.8. The second kappa shape index (κ2) is 7.84. The minimum absolute atomic E-state index is 0.113. The number of nitrogens with zero attached hydrogens (tertiary/aromatic N) is 6. The largest absolute Gasteiger partial charge is 0.334 e. The van der Waals surface area contributed by atoms with E-state index in [2.05, 4.69) is 20.3 Å². The predicted octanol–water partition coefficient (Wildman–Crippen LogP) is 2.50. The SMILES string of the molecule is CN(C)CCn1c(=O)c(-c2nccn2C)cc2cnc(Nc3ccccc3)nc21. The predicted molar refractivity (Wildman–Crippen MR) is 114 cm³/mol. The Labute approximate surface area is 168 Å². The molecule has 148 valence electrons. The number of nitrogens with one attached hydrogen (secondary N) is 1. The fourth-order valence-corrected chi connectivity index (χ4v) is 3.16. The van der Waals surface area contributed by atoms with Gasteiger partial charge in [-0.2, -0.15) is 4.98 Å². The second-order valence-electron chi connectivity index (χ2n) is 7.14. The van der Waals surface area contributed by atoms with Crippen molar-refractivity contribution in [2.75, 3.05) is 26.0 Å². The number of hydrogen-bond acceptors (Lipinski definition) is 6. The number of rotatable bonds is 6. The van der Waals surface area contributed by atoms with E-state index in [0.717, 1.165) is 11.1 Å². The van der Waals surface area contributed by atoms with Gasteiger partial charge in [0, 0.05) is 49.8 Å². The average Bonchev–Trinajstić information content (AvgIpc) is 3.13. The van der Waals surface area contributed by atoms with Gasteiger partial charge in [-0.3, -0.25) is 9.36 Å². The molecule has 29 heavy (non-hydrogen) atoms. The van der Waals surface area contributed by atoms with E-state index in [-0.39, 0.29) is 5.56 Å². The molecule has 0 saturated heterocycles. The lowest BCUT2D eigenvalue weighted by atomic mass is 10.2. The van der Waals surface area contributed by atoms with Crippen molar-refractivity contribution in [3.63, 3.8) is 0 Å². The lowest BCUT2D eigenvalue weighted by molar-refractivity contribution is 0.384. The fourth-order valence-electron chi connectivity index (χ4n) is 3.16. The van der Waals surface area contributed by atoms with Crippen LogP contribution in [0.5, 0.6) is 0 Å². The number of fused-ring (bicyclic) bond motifs is 1. The summed E-state index contributed by atoms with van der Waals surface area (Å²) >= 11 is 0. The van der Waals surface area contributed by atoms with Crippen LogP contribution in [0.1, 0.15) is 0 Å². The van der Waals surface area contributed by atoms with Crippen molar-refractivity contribution in [2.45, 2.75) is 6.54 Å². The Kier molecular flexibility index (Phi) is 5.09. The summed E-state index contributed by atoms with van der Waals surface area (Å²) in [6.45, 7) is 1.23. The molecule has 8 heteroatoms. The lowest BCUT2D eigenvalue weighted by Gasteiger charge is -2.15. The van der Waals surface area contributed by atoms with Crippen molar-refractivity contribution < 1.29 is 0 Å². The maximum atomic E-state index is 13.3. The van der Waals surface area contributed by atoms with Gasteiger partial charge in [0.1, 0.15) is 11.5 Å². The van der Waals surface area contributed by atoms with Crippen LogP contribution in [0.4, 0.5) is 11.6 Å². The molecule has 0 saturated carbocycles. The van der Waals surface area contributed by atoms with E-state index in [1.54, 1.807) is 17.0 Å². The average molecular weight is 389 g/mol. The molecular formula is C21H23N7O. The smallest absolute Gasteiger partial charge is 0.263 e. The molecule has 3 heterocycles. The van der Waals surface area contributed by atoms with Gasteiger partial charge >= 0.3 is 0 Å². The van der Waals surface area contributed by atoms with Gasteiger partial charge in [-0.15, -0.1) is 0 Å². The third-order valence-corrected chi connectivity index (χ3v) is 4.69. The van der Waals surface area contributed by atoms with E-state index in [0.29, 0.717) is 36.1 Å². The van der Waals surface area contributed by atoms with Gasteiger partial charge in [0.15, 0.2) is 0 Å². The summed E-state index contributed by atoms with van der Waals surface area (Å²) in [7, 11) is 5.83. The molecule has 3 aromatic heterocycles. The molecular weight excluding hydrogens is 366 g/mol. The van der Waals surface area contributed by atoms with E-state index in [9.17, 15) is 4.79 Å². The number of para-hydroxylation sites is 1. The van der Waals surface area contributed by atoms with Crippen molar-refractivity contribution in [1.29, 1.82) is 0 Å². The molecule has 0 aliphatic carbocycles. The van der Waals surface area contributed by atoms with E-state index < -0.39 is 0 Å². The van der Waals surface area contributed by atoms with Crippen LogP contribution in [0.25, 0.3) is 22.4 Å². The monoisotopic (exact) mass is 389 g/mol. The molecule has 0 amide bonds. The minimum atomic E-state index is -0.113. The Balaban J connectivity index is 1.85. The Bertz CT molecular complexity index is 1190. The van der Waals surface area contributed by atoms with Crippen LogP contribution >= 0.6 is 0 Å². The standard InChI is InChI=1S/C21H23N7O/c1-26(2)11-12-28-18-15(13-17(20(28)29)19-22-9-10-27(19)3)14-23-21(25-18)24-16-7-5-4-6-8-16/h4-10,13-14H,11-12H2,1-3H3,(H,23,24,25). The molecule has 8 nitrogen and oxygen atoms in total. The molecule has 4 rings (SSSR count). The Morgan fingerprint density at radius 1 is 1.14 bits per heavy atom. The van der Waals surface area contributed by atoms with Crippen LogP contribution in [-0.4, -0.2) is 49.6 Å². The zero-order valence-electron chi connectivity index (χ0n) is 16.7. The van der Waals surface area contributed by atoms with Gasteiger partial charge in [-0.1, -0.05) is 18.2 Å². The number of imidazole rings is 1. The first-order valence-electron chi connectivity index (χ1n) is 9.38. The lowest BCUT2D eigenvalue weighted by Crippen LogP contribution is -2.29. The van der Waals surface area contributed by atoms with Gasteiger partial charge in [-0.05, 0) is 32.3 Å². The van der Waals surface area contributed by atoms with Gasteiger partial charge < -0.3 is 14.8 Å². The van der Waals surface area contributed by atoms with Crippen molar-refractivity contribution in [3.8, 4) is 11.4 Å². The number of anilines is 2. The van der Waals surface area contributed by atoms with Gasteiger partial charge in [-0.25, -0.2) is 9.97 Å². The van der Waals surface area contributed by atoms with Crippen LogP contribution in [-0.2, 0) is 13.6 Å². The highest BCUT2D eigenvalue weighted by Gasteiger charge is 2.16. The van der Waals surface area contributed by atoms with Crippen LogP contribution in [0.15, 0.2) is 59.8 Å². The highest BCUT2D eigenvalue weighted by atomic mass is 16.1. The molecule has 0 bridgehead atoms. The third-order valence-electron chi connectivity index (χ3n) is 4.69. The highest BCUT2D eigenvalue weighted by Crippen LogP contribution is 2.20. The number of benzene rings is 1. The summed E-state index contributed by atoms with van der Waals surface area (Å²) in [5, 5.41) is 3.99. The van der Waals surface area contributed by atoms with Crippen LogP contribution < -0.4 is 10.9 Å². The first-order chi connectivity index (χ1) is 14.0. The quantitative estimate of drug-likeness (QED) is 0.546. The van der Waals surface area contributed by atoms with Gasteiger partial charge in [0.25, 0.3) is 5.56 Å². The molecule has 0 unspecified atom stereocenters. The minimum Gasteiger partial charge on any atom is -0.334 e. The van der Waals surface area contributed by atoms with Crippen LogP contribution in [0.3, 0.4) is 0 Å². The molecule has 0 aliphatic rings. The van der Waals surface area contributed by atoms with E-state index >= 15 is 0 Å². The Hall–Kier alpha value is -3.52. The summed E-state index contributed by atoms with van der Waals surface area (Å²) in [6.07, 6.45) is 5.25. The summed E-state index contributed by atoms with van der Waals surface area (Å²) in [5.74, 6) is 1.08. The van der Waals surface area contributed by atoms with Crippen molar-refractivity contribution in [1.82, 2.24) is 29.0 Å². The Morgan fingerprint density at radius 3 is 2.62 bits per heavy atom. The molecule has 0 spiro atoms. The zero-order valence-corrected chi connectivity index (χ0v) is 16.7. The van der Waals surface area contributed by atoms with Crippen molar-refractivity contribution in [3.05, 3.63) is 65.3 Å². The molecule has 4 aromatic rings. The van der Waals surface area contributed by atoms with Gasteiger partial charge in [0.05, 0.1) is 5.56 Å². The molecule has 0 aliphatic heterocycles. The van der Waals surface area contributed by atoms with Gasteiger partial charge in [0.2, 0.25) is 5.95 Å². The molecule has 0 fully saturated rings.